The van der Waals surface area contributed by atoms with E-state index in [2.05, 4.69) is 24.4 Å². The van der Waals surface area contributed by atoms with Crippen LogP contribution in [-0.4, -0.2) is 22.5 Å². The highest BCUT2D eigenvalue weighted by Gasteiger charge is 2.46. The van der Waals surface area contributed by atoms with E-state index in [-0.39, 0.29) is 33.9 Å². The summed E-state index contributed by atoms with van der Waals surface area (Å²) in [6.07, 6.45) is 1.33. The Morgan fingerprint density at radius 2 is 2.18 bits per heavy atom. The molecule has 1 fully saturated rings. The summed E-state index contributed by atoms with van der Waals surface area (Å²) in [5.41, 5.74) is 3.94. The number of nitrogens with zero attached hydrogens (tertiary/aromatic N) is 2. The maximum absolute atomic E-state index is 12.5. The molecule has 0 aromatic heterocycles. The van der Waals surface area contributed by atoms with Crippen LogP contribution in [0.5, 0.6) is 0 Å². The lowest BCUT2D eigenvalue weighted by Crippen LogP contribution is -2.45. The largest absolute Gasteiger partial charge is 0.306 e. The van der Waals surface area contributed by atoms with Crippen molar-refractivity contribution in [3.63, 3.8) is 0 Å². The molecule has 0 spiro atoms. The topological polar surface area (TPSA) is 84.6 Å². The standard InChI is InChI=1S/C15H16ClN3O3/c1-15(2)6-10-13(12(20)7-15)14(18-17-10)8-3-4-9(16)11(5-8)19(21)22/h3-5,10,13,17H,6-7H2,1-2H3/t10-,13+/m1/s1. The van der Waals surface area contributed by atoms with E-state index in [0.29, 0.717) is 17.7 Å². The number of hydrogen-bond donors (Lipinski definition) is 1. The van der Waals surface area contributed by atoms with E-state index in [9.17, 15) is 14.9 Å². The molecule has 1 aliphatic heterocycles. The van der Waals surface area contributed by atoms with Crippen molar-refractivity contribution in [3.05, 3.63) is 38.9 Å². The second kappa shape index (κ2) is 5.05. The zero-order chi connectivity index (χ0) is 16.1. The molecule has 116 valence electrons. The number of carbonyl (C=O) groups is 1. The molecule has 7 heteroatoms. The summed E-state index contributed by atoms with van der Waals surface area (Å²) in [5, 5.41) is 15.4. The molecule has 2 aliphatic rings. The SMILES string of the molecule is CC1(C)CC(=O)[C@H]2C(c3ccc(Cl)c([N+](=O)[O-])c3)=NN[C@@H]2C1. The van der Waals surface area contributed by atoms with Crippen molar-refractivity contribution in [1.82, 2.24) is 5.43 Å². The Morgan fingerprint density at radius 3 is 2.86 bits per heavy atom. The summed E-state index contributed by atoms with van der Waals surface area (Å²) in [4.78, 5) is 23.0. The third-order valence-electron chi connectivity index (χ3n) is 4.26. The van der Waals surface area contributed by atoms with Crippen molar-refractivity contribution in [2.75, 3.05) is 0 Å². The highest BCUT2D eigenvalue weighted by Crippen LogP contribution is 2.40. The molecule has 0 bridgehead atoms. The number of nitro groups is 1. The van der Waals surface area contributed by atoms with Crippen LogP contribution >= 0.6 is 11.6 Å². The Morgan fingerprint density at radius 1 is 1.45 bits per heavy atom. The maximum Gasteiger partial charge on any atom is 0.288 e. The molecule has 1 saturated carbocycles. The molecular formula is C15H16ClN3O3. The fourth-order valence-electron chi connectivity index (χ4n) is 3.33. The van der Waals surface area contributed by atoms with Gasteiger partial charge in [0.1, 0.15) is 10.8 Å². The van der Waals surface area contributed by atoms with Gasteiger partial charge in [-0.1, -0.05) is 31.5 Å². The lowest BCUT2D eigenvalue weighted by molar-refractivity contribution is -0.384. The summed E-state index contributed by atoms with van der Waals surface area (Å²) < 4.78 is 0. The van der Waals surface area contributed by atoms with E-state index in [0.717, 1.165) is 6.42 Å². The molecule has 0 saturated heterocycles. The Labute approximate surface area is 132 Å². The predicted octanol–water partition coefficient (Wildman–Crippen LogP) is 2.93. The number of nitrogens with one attached hydrogen (secondary N) is 1. The minimum atomic E-state index is -0.530. The molecule has 1 aromatic rings. The second-order valence-corrected chi connectivity index (χ2v) is 7.05. The minimum absolute atomic E-state index is 0.0408. The van der Waals surface area contributed by atoms with E-state index in [1.807, 2.05) is 0 Å². The lowest BCUT2D eigenvalue weighted by atomic mass is 9.68. The quantitative estimate of drug-likeness (QED) is 0.670. The molecule has 0 radical (unpaired) electrons. The molecule has 1 N–H and O–H groups in total. The van der Waals surface area contributed by atoms with Crippen molar-refractivity contribution >= 4 is 28.8 Å². The zero-order valence-corrected chi connectivity index (χ0v) is 13.1. The van der Waals surface area contributed by atoms with E-state index < -0.39 is 4.92 Å². The maximum atomic E-state index is 12.5. The van der Waals surface area contributed by atoms with Gasteiger partial charge in [-0.15, -0.1) is 0 Å². The molecule has 6 nitrogen and oxygen atoms in total. The first-order chi connectivity index (χ1) is 10.3. The summed E-state index contributed by atoms with van der Waals surface area (Å²) in [6, 6.07) is 4.49. The van der Waals surface area contributed by atoms with Gasteiger partial charge in [-0.3, -0.25) is 14.9 Å². The Hall–Kier alpha value is -1.95. The van der Waals surface area contributed by atoms with Crippen LogP contribution in [0.25, 0.3) is 0 Å². The van der Waals surface area contributed by atoms with Gasteiger partial charge in [-0.05, 0) is 17.9 Å². The fourth-order valence-corrected chi connectivity index (χ4v) is 3.52. The van der Waals surface area contributed by atoms with Crippen molar-refractivity contribution in [1.29, 1.82) is 0 Å². The summed E-state index contributed by atoms with van der Waals surface area (Å²) in [7, 11) is 0. The minimum Gasteiger partial charge on any atom is -0.306 e. The number of halogens is 1. The van der Waals surface area contributed by atoms with Gasteiger partial charge in [-0.25, -0.2) is 0 Å². The summed E-state index contributed by atoms with van der Waals surface area (Å²) in [5.74, 6) is -0.212. The molecule has 22 heavy (non-hydrogen) atoms. The smallest absolute Gasteiger partial charge is 0.288 e. The van der Waals surface area contributed by atoms with Crippen molar-refractivity contribution in [2.24, 2.45) is 16.4 Å². The number of nitro benzene ring substituents is 1. The van der Waals surface area contributed by atoms with E-state index in [4.69, 9.17) is 11.6 Å². The van der Waals surface area contributed by atoms with Crippen molar-refractivity contribution in [2.45, 2.75) is 32.7 Å². The van der Waals surface area contributed by atoms with Crippen LogP contribution in [-0.2, 0) is 4.79 Å². The molecule has 3 rings (SSSR count). The highest BCUT2D eigenvalue weighted by atomic mass is 35.5. The van der Waals surface area contributed by atoms with E-state index >= 15 is 0 Å². The Bertz CT molecular complexity index is 699. The number of ketones is 1. The highest BCUT2D eigenvalue weighted by molar-refractivity contribution is 6.33. The molecule has 1 aromatic carbocycles. The van der Waals surface area contributed by atoms with Gasteiger partial charge >= 0.3 is 0 Å². The van der Waals surface area contributed by atoms with Crippen LogP contribution in [0.15, 0.2) is 23.3 Å². The first kappa shape index (κ1) is 15.0. The third kappa shape index (κ3) is 2.47. The molecule has 0 amide bonds. The van der Waals surface area contributed by atoms with Gasteiger partial charge in [0.25, 0.3) is 5.69 Å². The number of hydrogen-bond acceptors (Lipinski definition) is 5. The van der Waals surface area contributed by atoms with Crippen LogP contribution in [0.1, 0.15) is 32.3 Å². The van der Waals surface area contributed by atoms with Gasteiger partial charge in [0, 0.05) is 18.1 Å². The number of hydrazone groups is 1. The van der Waals surface area contributed by atoms with E-state index in [1.165, 1.54) is 12.1 Å². The molecule has 1 aliphatic carbocycles. The molecule has 0 unspecified atom stereocenters. The van der Waals surface area contributed by atoms with Crippen LogP contribution in [0.3, 0.4) is 0 Å². The first-order valence-electron chi connectivity index (χ1n) is 7.09. The average molecular weight is 322 g/mol. The summed E-state index contributed by atoms with van der Waals surface area (Å²) >= 11 is 5.84. The second-order valence-electron chi connectivity index (χ2n) is 6.65. The number of Topliss-reactive ketones (excluding diaryl/α,β-unsaturated/α-hetero) is 1. The van der Waals surface area contributed by atoms with Crippen LogP contribution in [0.4, 0.5) is 5.69 Å². The fraction of sp³-hybridized carbons (Fsp3) is 0.467. The van der Waals surface area contributed by atoms with E-state index in [1.54, 1.807) is 6.07 Å². The normalized spacial score (nSPS) is 26.1. The average Bonchev–Trinajstić information content (AvgIpc) is 2.81. The van der Waals surface area contributed by atoms with Gasteiger partial charge < -0.3 is 5.43 Å². The predicted molar refractivity (Wildman–Crippen MR) is 83.1 cm³/mol. The molecular weight excluding hydrogens is 306 g/mol. The van der Waals surface area contributed by atoms with Crippen LogP contribution in [0.2, 0.25) is 5.02 Å². The van der Waals surface area contributed by atoms with Gasteiger partial charge in [0.2, 0.25) is 0 Å². The van der Waals surface area contributed by atoms with Crippen molar-refractivity contribution < 1.29 is 9.72 Å². The molecule has 1 heterocycles. The zero-order valence-electron chi connectivity index (χ0n) is 12.3. The molecule has 2 atom stereocenters. The van der Waals surface area contributed by atoms with Gasteiger partial charge in [-0.2, -0.15) is 5.10 Å². The van der Waals surface area contributed by atoms with Gasteiger partial charge in [0.15, 0.2) is 0 Å². The third-order valence-corrected chi connectivity index (χ3v) is 4.58. The number of fused-ring (bicyclic) bond motifs is 1. The number of benzene rings is 1. The van der Waals surface area contributed by atoms with Crippen molar-refractivity contribution in [3.8, 4) is 0 Å². The summed E-state index contributed by atoms with van der Waals surface area (Å²) in [6.45, 7) is 4.13. The van der Waals surface area contributed by atoms with Crippen LogP contribution < -0.4 is 5.43 Å². The first-order valence-corrected chi connectivity index (χ1v) is 7.46. The number of carbonyl (C=O) groups excluding carboxylic acids is 1. The van der Waals surface area contributed by atoms with Crippen LogP contribution in [0, 0.1) is 21.4 Å². The Balaban J connectivity index is 1.96. The monoisotopic (exact) mass is 321 g/mol. The van der Waals surface area contributed by atoms with Gasteiger partial charge in [0.05, 0.1) is 22.6 Å². The lowest BCUT2D eigenvalue weighted by Gasteiger charge is -2.36. The Kier molecular flexibility index (Phi) is 3.44. The number of rotatable bonds is 2.